The summed E-state index contributed by atoms with van der Waals surface area (Å²) >= 11 is 0. The molecule has 0 aliphatic carbocycles. The summed E-state index contributed by atoms with van der Waals surface area (Å²) in [6.45, 7) is 6.63. The Morgan fingerprint density at radius 1 is 0.517 bits per heavy atom. The molecule has 29 heavy (non-hydrogen) atoms. The number of hydrogen-bond acceptors (Lipinski definition) is 2. The van der Waals surface area contributed by atoms with Crippen molar-refractivity contribution in [3.8, 4) is 11.5 Å². The Balaban J connectivity index is 0.000000308. The van der Waals surface area contributed by atoms with Gasteiger partial charge in [-0.3, -0.25) is 0 Å². The monoisotopic (exact) mass is 398 g/mol. The van der Waals surface area contributed by atoms with Crippen molar-refractivity contribution >= 4 is 0 Å². The molecular weight excluding hydrogens is 356 g/mol. The van der Waals surface area contributed by atoms with E-state index in [1.165, 1.54) is 68.9 Å². The quantitative estimate of drug-likeness (QED) is 0.356. The van der Waals surface area contributed by atoms with Gasteiger partial charge in [-0.05, 0) is 67.3 Å². The SMILES string of the molecule is CCCCCc1cccc(O)c1CCCCC.CCCCCc1ccccc1O. The number of para-hydroxylation sites is 1. The van der Waals surface area contributed by atoms with E-state index in [9.17, 15) is 10.2 Å². The molecule has 2 aromatic carbocycles. The molecule has 2 aromatic rings. The number of phenolic OH excluding ortho intramolecular Hbond substituents is 2. The van der Waals surface area contributed by atoms with Crippen LogP contribution in [-0.4, -0.2) is 10.2 Å². The van der Waals surface area contributed by atoms with Gasteiger partial charge in [0, 0.05) is 0 Å². The lowest BCUT2D eigenvalue weighted by Crippen LogP contribution is -1.96. The summed E-state index contributed by atoms with van der Waals surface area (Å²) in [7, 11) is 0. The molecule has 162 valence electrons. The van der Waals surface area contributed by atoms with E-state index in [4.69, 9.17) is 0 Å². The van der Waals surface area contributed by atoms with Crippen molar-refractivity contribution < 1.29 is 10.2 Å². The lowest BCUT2D eigenvalue weighted by molar-refractivity contribution is 0.464. The molecule has 0 saturated carbocycles. The highest BCUT2D eigenvalue weighted by atomic mass is 16.3. The molecule has 0 amide bonds. The van der Waals surface area contributed by atoms with Crippen LogP contribution in [0.4, 0.5) is 0 Å². The van der Waals surface area contributed by atoms with E-state index in [0.717, 1.165) is 24.8 Å². The third-order valence-electron chi connectivity index (χ3n) is 5.37. The molecule has 2 N–H and O–H groups in total. The predicted octanol–water partition coefficient (Wildman–Crippen LogP) is 7.98. The molecule has 2 rings (SSSR count). The van der Waals surface area contributed by atoms with Gasteiger partial charge in [-0.15, -0.1) is 0 Å². The Hall–Kier alpha value is -1.96. The standard InChI is InChI=1S/C16H26O.C11H16O/c1-3-5-7-10-14-11-9-13-16(17)15(14)12-8-6-4-2;1-2-3-4-7-10-8-5-6-9-11(10)12/h9,11,13,17H,3-8,10,12H2,1-2H3;5-6,8-9,12H,2-4,7H2,1H3. The maximum absolute atomic E-state index is 9.95. The average molecular weight is 399 g/mol. The van der Waals surface area contributed by atoms with E-state index in [0.29, 0.717) is 11.5 Å². The lowest BCUT2D eigenvalue weighted by Gasteiger charge is -2.11. The molecule has 0 aliphatic rings. The highest BCUT2D eigenvalue weighted by Gasteiger charge is 2.07. The normalized spacial score (nSPS) is 10.4. The Morgan fingerprint density at radius 2 is 1.00 bits per heavy atom. The minimum atomic E-state index is 0.439. The third-order valence-corrected chi connectivity index (χ3v) is 5.37. The van der Waals surface area contributed by atoms with Crippen molar-refractivity contribution in [1.82, 2.24) is 0 Å². The second-order valence-electron chi connectivity index (χ2n) is 7.91. The predicted molar refractivity (Wildman–Crippen MR) is 126 cm³/mol. The number of benzene rings is 2. The van der Waals surface area contributed by atoms with Crippen LogP contribution in [0.3, 0.4) is 0 Å². The summed E-state index contributed by atoms with van der Waals surface area (Å²) in [6, 6.07) is 13.5. The molecule has 0 heterocycles. The van der Waals surface area contributed by atoms with Crippen molar-refractivity contribution in [3.63, 3.8) is 0 Å². The number of aromatic hydroxyl groups is 2. The molecule has 0 saturated heterocycles. The van der Waals surface area contributed by atoms with Crippen LogP contribution in [-0.2, 0) is 19.3 Å². The second-order valence-corrected chi connectivity index (χ2v) is 7.91. The van der Waals surface area contributed by atoms with E-state index in [2.05, 4.69) is 26.8 Å². The van der Waals surface area contributed by atoms with Gasteiger partial charge < -0.3 is 10.2 Å². The summed E-state index contributed by atoms with van der Waals surface area (Å²) in [5, 5.41) is 19.4. The maximum atomic E-state index is 9.95. The summed E-state index contributed by atoms with van der Waals surface area (Å²) in [5.41, 5.74) is 3.62. The van der Waals surface area contributed by atoms with Crippen LogP contribution >= 0.6 is 0 Å². The van der Waals surface area contributed by atoms with Gasteiger partial charge in [0.1, 0.15) is 11.5 Å². The van der Waals surface area contributed by atoms with Crippen LogP contribution in [0.25, 0.3) is 0 Å². The molecular formula is C27H42O2. The van der Waals surface area contributed by atoms with Gasteiger partial charge in [0.05, 0.1) is 0 Å². The summed E-state index contributed by atoms with van der Waals surface area (Å²) in [4.78, 5) is 0. The zero-order chi connectivity index (χ0) is 21.3. The van der Waals surface area contributed by atoms with E-state index in [1.54, 1.807) is 6.07 Å². The first kappa shape index (κ1) is 25.1. The van der Waals surface area contributed by atoms with Gasteiger partial charge in [-0.1, -0.05) is 89.6 Å². The summed E-state index contributed by atoms with van der Waals surface area (Å²) < 4.78 is 0. The van der Waals surface area contributed by atoms with Crippen molar-refractivity contribution in [2.75, 3.05) is 0 Å². The number of hydrogen-bond donors (Lipinski definition) is 2. The number of unbranched alkanes of at least 4 members (excludes halogenated alkanes) is 6. The highest BCUT2D eigenvalue weighted by molar-refractivity contribution is 5.39. The first-order valence-corrected chi connectivity index (χ1v) is 11.7. The van der Waals surface area contributed by atoms with Gasteiger partial charge >= 0.3 is 0 Å². The van der Waals surface area contributed by atoms with Gasteiger partial charge in [0.25, 0.3) is 0 Å². The zero-order valence-corrected chi connectivity index (χ0v) is 18.9. The fourth-order valence-electron chi connectivity index (χ4n) is 3.55. The number of aryl methyl sites for hydroxylation is 2. The Bertz CT molecular complexity index is 663. The van der Waals surface area contributed by atoms with Gasteiger partial charge in [0.15, 0.2) is 0 Å². The largest absolute Gasteiger partial charge is 0.508 e. The Kier molecular flexibility index (Phi) is 13.8. The molecule has 0 radical (unpaired) electrons. The highest BCUT2D eigenvalue weighted by Crippen LogP contribution is 2.25. The molecule has 0 atom stereocenters. The zero-order valence-electron chi connectivity index (χ0n) is 18.9. The van der Waals surface area contributed by atoms with Crippen molar-refractivity contribution in [2.24, 2.45) is 0 Å². The van der Waals surface area contributed by atoms with Crippen molar-refractivity contribution in [1.29, 1.82) is 0 Å². The van der Waals surface area contributed by atoms with Crippen LogP contribution in [0.15, 0.2) is 42.5 Å². The van der Waals surface area contributed by atoms with Crippen LogP contribution < -0.4 is 0 Å². The lowest BCUT2D eigenvalue weighted by atomic mass is 9.96. The van der Waals surface area contributed by atoms with Gasteiger partial charge in [-0.2, -0.15) is 0 Å². The van der Waals surface area contributed by atoms with Crippen LogP contribution in [0, 0.1) is 0 Å². The summed E-state index contributed by atoms with van der Waals surface area (Å²) in [5.74, 6) is 0.934. The van der Waals surface area contributed by atoms with Crippen LogP contribution in [0.5, 0.6) is 11.5 Å². The molecule has 0 aliphatic heterocycles. The Morgan fingerprint density at radius 3 is 1.59 bits per heavy atom. The van der Waals surface area contributed by atoms with E-state index < -0.39 is 0 Å². The maximum Gasteiger partial charge on any atom is 0.119 e. The number of rotatable bonds is 12. The Labute approximate surface area is 179 Å². The minimum absolute atomic E-state index is 0.439. The van der Waals surface area contributed by atoms with Crippen molar-refractivity contribution in [3.05, 3.63) is 59.2 Å². The molecule has 0 fully saturated rings. The topological polar surface area (TPSA) is 40.5 Å². The molecule has 2 heteroatoms. The van der Waals surface area contributed by atoms with Crippen LogP contribution in [0.1, 0.15) is 95.2 Å². The van der Waals surface area contributed by atoms with E-state index >= 15 is 0 Å². The second kappa shape index (κ2) is 15.9. The molecule has 0 spiro atoms. The van der Waals surface area contributed by atoms with E-state index in [1.807, 2.05) is 30.3 Å². The van der Waals surface area contributed by atoms with Crippen LogP contribution in [0.2, 0.25) is 0 Å². The van der Waals surface area contributed by atoms with Gasteiger partial charge in [-0.25, -0.2) is 0 Å². The molecule has 0 bridgehead atoms. The van der Waals surface area contributed by atoms with E-state index in [-0.39, 0.29) is 0 Å². The minimum Gasteiger partial charge on any atom is -0.508 e. The molecule has 0 unspecified atom stereocenters. The third kappa shape index (κ3) is 10.4. The first-order valence-electron chi connectivity index (χ1n) is 11.7. The number of phenols is 2. The van der Waals surface area contributed by atoms with Crippen molar-refractivity contribution in [2.45, 2.75) is 97.8 Å². The molecule has 0 aromatic heterocycles. The first-order chi connectivity index (χ1) is 14.1. The smallest absolute Gasteiger partial charge is 0.119 e. The summed E-state index contributed by atoms with van der Waals surface area (Å²) in [6.07, 6.45) is 14.2. The fourth-order valence-corrected chi connectivity index (χ4v) is 3.55. The van der Waals surface area contributed by atoms with Gasteiger partial charge in [0.2, 0.25) is 0 Å². The average Bonchev–Trinajstić information content (AvgIpc) is 2.72. The molecule has 2 nitrogen and oxygen atoms in total. The fraction of sp³-hybridized carbons (Fsp3) is 0.556.